The Balaban J connectivity index is 1.40. The van der Waals surface area contributed by atoms with Crippen molar-refractivity contribution in [1.29, 1.82) is 0 Å². The molecule has 1 aliphatic carbocycles. The van der Waals surface area contributed by atoms with Crippen LogP contribution in [0.5, 0.6) is 0 Å². The Morgan fingerprint density at radius 1 is 1.12 bits per heavy atom. The number of aromatic nitrogens is 3. The van der Waals surface area contributed by atoms with Crippen LogP contribution in [0.4, 0.5) is 17.3 Å². The molecule has 9 heteroatoms. The molecule has 1 amide bonds. The molecule has 0 radical (unpaired) electrons. The first kappa shape index (κ1) is 20.9. The Labute approximate surface area is 196 Å². The van der Waals surface area contributed by atoms with Crippen molar-refractivity contribution >= 4 is 45.1 Å². The second-order valence-electron chi connectivity index (χ2n) is 8.96. The number of hydrogen-bond donors (Lipinski definition) is 2. The zero-order valence-electron chi connectivity index (χ0n) is 19.2. The Morgan fingerprint density at radius 2 is 1.94 bits per heavy atom. The Bertz CT molecular complexity index is 1390. The zero-order valence-corrected chi connectivity index (χ0v) is 19.2. The fourth-order valence-corrected chi connectivity index (χ4v) is 4.53. The predicted octanol–water partition coefficient (Wildman–Crippen LogP) is 3.91. The van der Waals surface area contributed by atoms with Crippen molar-refractivity contribution in [2.24, 2.45) is 11.8 Å². The van der Waals surface area contributed by atoms with Crippen molar-refractivity contribution in [3.63, 3.8) is 0 Å². The van der Waals surface area contributed by atoms with Crippen LogP contribution < -0.4 is 15.5 Å². The molecule has 4 aromatic rings. The molecule has 1 saturated carbocycles. The van der Waals surface area contributed by atoms with Gasteiger partial charge < -0.3 is 24.7 Å². The molecule has 3 aromatic heterocycles. The van der Waals surface area contributed by atoms with Gasteiger partial charge in [-0.05, 0) is 36.6 Å². The van der Waals surface area contributed by atoms with Crippen LogP contribution in [-0.4, -0.2) is 54.2 Å². The van der Waals surface area contributed by atoms with Crippen LogP contribution in [0.25, 0.3) is 33.3 Å². The summed E-state index contributed by atoms with van der Waals surface area (Å²) in [4.78, 5) is 28.5. The molecule has 34 heavy (non-hydrogen) atoms. The van der Waals surface area contributed by atoms with Gasteiger partial charge in [0, 0.05) is 54.9 Å². The molecular formula is C25H26N6O3. The van der Waals surface area contributed by atoms with E-state index in [9.17, 15) is 4.79 Å². The SMILES string of the molecule is CNc1ncc(-c2nc3cc(N4CCOCC4)ccc3o2)c2cc(NC(=O)[C@H]3C[C@H]3C)ncc12. The highest BCUT2D eigenvalue weighted by Gasteiger charge is 2.39. The smallest absolute Gasteiger partial charge is 0.229 e. The van der Waals surface area contributed by atoms with Gasteiger partial charge in [0.05, 0.1) is 18.8 Å². The summed E-state index contributed by atoms with van der Waals surface area (Å²) in [5, 5.41) is 7.75. The molecule has 2 N–H and O–H groups in total. The number of carbonyl (C=O) groups excluding carboxylic acids is 1. The lowest BCUT2D eigenvalue weighted by molar-refractivity contribution is -0.117. The van der Waals surface area contributed by atoms with E-state index in [1.54, 1.807) is 12.4 Å². The lowest BCUT2D eigenvalue weighted by Crippen LogP contribution is -2.36. The summed E-state index contributed by atoms with van der Waals surface area (Å²) in [6.45, 7) is 5.25. The van der Waals surface area contributed by atoms with E-state index in [0.717, 1.165) is 60.3 Å². The monoisotopic (exact) mass is 458 g/mol. The topological polar surface area (TPSA) is 105 Å². The number of morpholine rings is 1. The zero-order chi connectivity index (χ0) is 23.2. The number of amides is 1. The predicted molar refractivity (Wildman–Crippen MR) is 131 cm³/mol. The summed E-state index contributed by atoms with van der Waals surface area (Å²) in [6, 6.07) is 7.93. The number of oxazole rings is 1. The van der Waals surface area contributed by atoms with E-state index >= 15 is 0 Å². The van der Waals surface area contributed by atoms with Gasteiger partial charge in [0.2, 0.25) is 11.8 Å². The van der Waals surface area contributed by atoms with Gasteiger partial charge in [-0.2, -0.15) is 0 Å². The molecule has 0 bridgehead atoms. The normalized spacial score (nSPS) is 20.0. The number of hydrogen-bond acceptors (Lipinski definition) is 8. The van der Waals surface area contributed by atoms with E-state index in [0.29, 0.717) is 29.0 Å². The molecule has 4 heterocycles. The number of nitrogens with one attached hydrogen (secondary N) is 2. The van der Waals surface area contributed by atoms with Crippen LogP contribution >= 0.6 is 0 Å². The van der Waals surface area contributed by atoms with Gasteiger partial charge in [-0.3, -0.25) is 4.79 Å². The van der Waals surface area contributed by atoms with Crippen LogP contribution in [0.2, 0.25) is 0 Å². The molecule has 9 nitrogen and oxygen atoms in total. The number of fused-ring (bicyclic) bond motifs is 2. The Hall–Kier alpha value is -3.72. The van der Waals surface area contributed by atoms with Crippen molar-refractivity contribution in [1.82, 2.24) is 15.0 Å². The first-order valence-corrected chi connectivity index (χ1v) is 11.6. The van der Waals surface area contributed by atoms with E-state index in [2.05, 4.69) is 44.6 Å². The second kappa shape index (κ2) is 8.25. The fraction of sp³-hybridized carbons (Fsp3) is 0.360. The maximum atomic E-state index is 12.5. The van der Waals surface area contributed by atoms with E-state index in [1.165, 1.54) is 0 Å². The molecule has 0 spiro atoms. The Morgan fingerprint density at radius 3 is 2.71 bits per heavy atom. The van der Waals surface area contributed by atoms with Crippen molar-refractivity contribution in [3.05, 3.63) is 36.7 Å². The van der Waals surface area contributed by atoms with Crippen molar-refractivity contribution in [2.75, 3.05) is 48.9 Å². The number of pyridine rings is 2. The highest BCUT2D eigenvalue weighted by atomic mass is 16.5. The van der Waals surface area contributed by atoms with Crippen molar-refractivity contribution in [2.45, 2.75) is 13.3 Å². The first-order chi connectivity index (χ1) is 16.6. The lowest BCUT2D eigenvalue weighted by atomic mass is 10.1. The number of rotatable bonds is 5. The van der Waals surface area contributed by atoms with Gasteiger partial charge in [-0.25, -0.2) is 15.0 Å². The number of benzene rings is 1. The van der Waals surface area contributed by atoms with E-state index < -0.39 is 0 Å². The molecule has 1 saturated heterocycles. The lowest BCUT2D eigenvalue weighted by Gasteiger charge is -2.28. The van der Waals surface area contributed by atoms with Gasteiger partial charge in [0.25, 0.3) is 0 Å². The van der Waals surface area contributed by atoms with E-state index in [1.807, 2.05) is 19.2 Å². The summed E-state index contributed by atoms with van der Waals surface area (Å²) in [6.07, 6.45) is 4.40. The van der Waals surface area contributed by atoms with Gasteiger partial charge in [-0.15, -0.1) is 0 Å². The van der Waals surface area contributed by atoms with Gasteiger partial charge in [-0.1, -0.05) is 6.92 Å². The minimum absolute atomic E-state index is 0.0151. The van der Waals surface area contributed by atoms with Crippen molar-refractivity contribution < 1.29 is 13.9 Å². The average molecular weight is 459 g/mol. The number of ether oxygens (including phenoxy) is 1. The van der Waals surface area contributed by atoms with E-state index in [4.69, 9.17) is 14.1 Å². The quantitative estimate of drug-likeness (QED) is 0.464. The summed E-state index contributed by atoms with van der Waals surface area (Å²) in [7, 11) is 1.82. The van der Waals surface area contributed by atoms with Gasteiger partial charge in [0.15, 0.2) is 5.58 Å². The minimum atomic E-state index is 0.0151. The molecule has 2 aliphatic rings. The molecule has 2 atom stereocenters. The largest absolute Gasteiger partial charge is 0.436 e. The molecule has 174 valence electrons. The highest BCUT2D eigenvalue weighted by molar-refractivity contribution is 6.03. The minimum Gasteiger partial charge on any atom is -0.436 e. The standard InChI is InChI=1S/C25H26N6O3/c1-14-9-16(14)24(32)30-22-11-17-18(12-27-22)23(26-2)28-13-19(17)25-29-20-10-15(3-4-21(20)34-25)31-5-7-33-8-6-31/h3-4,10-14,16H,5-9H2,1-2H3,(H,26,28)(H,27,30,32)/t14-,16+/m1/s1. The molecule has 6 rings (SSSR count). The van der Waals surface area contributed by atoms with Crippen molar-refractivity contribution in [3.8, 4) is 11.5 Å². The molecule has 0 unspecified atom stereocenters. The number of nitrogens with zero attached hydrogens (tertiary/aromatic N) is 4. The van der Waals surface area contributed by atoms with E-state index in [-0.39, 0.29) is 11.8 Å². The highest BCUT2D eigenvalue weighted by Crippen LogP contribution is 2.39. The molecular weight excluding hydrogens is 432 g/mol. The summed E-state index contributed by atoms with van der Waals surface area (Å²) in [5.41, 5.74) is 3.35. The van der Waals surface area contributed by atoms with Gasteiger partial charge in [0.1, 0.15) is 17.2 Å². The van der Waals surface area contributed by atoms with Crippen LogP contribution in [0.1, 0.15) is 13.3 Å². The van der Waals surface area contributed by atoms with Crippen LogP contribution in [0, 0.1) is 11.8 Å². The first-order valence-electron chi connectivity index (χ1n) is 11.6. The summed E-state index contributed by atoms with van der Waals surface area (Å²) in [5.74, 6) is 2.20. The third-order valence-corrected chi connectivity index (χ3v) is 6.68. The fourth-order valence-electron chi connectivity index (χ4n) is 4.53. The Kier molecular flexibility index (Phi) is 5.06. The maximum absolute atomic E-state index is 12.5. The van der Waals surface area contributed by atoms with Crippen LogP contribution in [0.15, 0.2) is 41.1 Å². The summed E-state index contributed by atoms with van der Waals surface area (Å²) < 4.78 is 11.6. The molecule has 1 aliphatic heterocycles. The van der Waals surface area contributed by atoms with Crippen LogP contribution in [0.3, 0.4) is 0 Å². The van der Waals surface area contributed by atoms with Gasteiger partial charge >= 0.3 is 0 Å². The third kappa shape index (κ3) is 3.71. The second-order valence-corrected chi connectivity index (χ2v) is 8.96. The third-order valence-electron chi connectivity index (χ3n) is 6.68. The number of carbonyl (C=O) groups is 1. The van der Waals surface area contributed by atoms with Crippen LogP contribution in [-0.2, 0) is 9.53 Å². The maximum Gasteiger partial charge on any atom is 0.229 e. The number of anilines is 3. The molecule has 1 aromatic carbocycles. The average Bonchev–Trinajstić information content (AvgIpc) is 3.45. The molecule has 2 fully saturated rings. The summed E-state index contributed by atoms with van der Waals surface area (Å²) >= 11 is 0.